The molecule has 0 aliphatic carbocycles. The van der Waals surface area contributed by atoms with Gasteiger partial charge in [0.15, 0.2) is 0 Å². The first-order valence-electron chi connectivity index (χ1n) is 8.98. The molecule has 0 aliphatic heterocycles. The van der Waals surface area contributed by atoms with Gasteiger partial charge in [-0.15, -0.1) is 12.1 Å². The Hall–Kier alpha value is -2.16. The zero-order valence-corrected chi connectivity index (χ0v) is 20.4. The van der Waals surface area contributed by atoms with E-state index in [2.05, 4.69) is 14.4 Å². The fourth-order valence-corrected chi connectivity index (χ4v) is 4.22. The molecular formula is C22H22ClN3O4RuS. The number of hydrogen-bond donors (Lipinski definition) is 0. The van der Waals surface area contributed by atoms with Gasteiger partial charge in [0.1, 0.15) is 0 Å². The molecule has 0 saturated carbocycles. The summed E-state index contributed by atoms with van der Waals surface area (Å²) >= 11 is 1.82. The van der Waals surface area contributed by atoms with E-state index < -0.39 is 32.8 Å². The quantitative estimate of drug-likeness (QED) is 0.136. The predicted octanol–water partition coefficient (Wildman–Crippen LogP) is 6.47. The number of nitro groups is 1. The van der Waals surface area contributed by atoms with Crippen LogP contribution in [0.4, 0.5) is 5.69 Å². The van der Waals surface area contributed by atoms with Gasteiger partial charge in [-0.25, -0.2) is 8.42 Å². The van der Waals surface area contributed by atoms with Gasteiger partial charge >= 0.3 is 27.0 Å². The molecule has 0 amide bonds. The van der Waals surface area contributed by atoms with Crippen LogP contribution in [0.3, 0.4) is 0 Å². The van der Waals surface area contributed by atoms with Crippen molar-refractivity contribution in [3.05, 3.63) is 130 Å². The Morgan fingerprint density at radius 2 is 1.38 bits per heavy atom. The molecule has 3 aromatic rings. The van der Waals surface area contributed by atoms with Crippen LogP contribution in [-0.2, 0) is 33.1 Å². The van der Waals surface area contributed by atoms with Crippen molar-refractivity contribution >= 4 is 25.4 Å². The maximum atomic E-state index is 12.8. The molecule has 0 radical (unpaired) electrons. The smallest absolute Gasteiger partial charge is 0.269 e. The van der Waals surface area contributed by atoms with Gasteiger partial charge < -0.3 is 17.9 Å². The maximum absolute atomic E-state index is 12.8. The van der Waals surface area contributed by atoms with Crippen LogP contribution in [0, 0.1) is 17.5 Å². The second-order valence-electron chi connectivity index (χ2n) is 6.50. The molecule has 0 aliphatic rings. The largest absolute Gasteiger partial charge is 0.672 e. The van der Waals surface area contributed by atoms with Crippen molar-refractivity contribution in [2.45, 2.75) is 17.8 Å². The van der Waals surface area contributed by atoms with Crippen LogP contribution in [0.1, 0.15) is 28.8 Å². The van der Waals surface area contributed by atoms with Crippen LogP contribution < -0.4 is 0 Å². The first-order valence-corrected chi connectivity index (χ1v) is 12.8. The first kappa shape index (κ1) is 27.9. The summed E-state index contributed by atoms with van der Waals surface area (Å²) in [5.41, 5.74) is 10.2. The van der Waals surface area contributed by atoms with Gasteiger partial charge in [-0.05, 0) is 5.56 Å². The molecule has 0 saturated heterocycles. The minimum absolute atomic E-state index is 0. The number of benzene rings is 3. The Morgan fingerprint density at radius 3 is 1.84 bits per heavy atom. The van der Waals surface area contributed by atoms with E-state index in [1.807, 2.05) is 29.4 Å². The number of nitrogens with one attached hydrogen (secondary N) is 1. The average molecular weight is 561 g/mol. The molecule has 0 fully saturated rings. The third-order valence-corrected chi connectivity index (χ3v) is 5.63. The van der Waals surface area contributed by atoms with Gasteiger partial charge in [-0.2, -0.15) is 0 Å². The summed E-state index contributed by atoms with van der Waals surface area (Å²) in [6.45, 7) is 0. The Morgan fingerprint density at radius 1 is 0.906 bits per heavy atom. The van der Waals surface area contributed by atoms with E-state index in [4.69, 9.17) is 5.73 Å². The van der Waals surface area contributed by atoms with E-state index in [0.717, 1.165) is 0 Å². The predicted molar refractivity (Wildman–Crippen MR) is 124 cm³/mol. The molecule has 7 nitrogen and oxygen atoms in total. The standard InChI is InChI=1S/C21H19N3O4S.CH3.ClH.Ru/c22-20(17-7-3-1-4-8-17)21(18-9-5-2-6-10-18)23-29(27,28)15-16-11-13-19(14-12-16)24(25)26;;;/h1-14,20-22H,15H2;1H3;1H;/q-2;-1;;+4/p-1. The van der Waals surface area contributed by atoms with Crippen molar-refractivity contribution in [2.24, 2.45) is 0 Å². The van der Waals surface area contributed by atoms with E-state index in [0.29, 0.717) is 16.7 Å². The Kier molecular flexibility index (Phi) is 11.7. The van der Waals surface area contributed by atoms with Crippen LogP contribution in [-0.4, -0.2) is 13.3 Å². The molecule has 170 valence electrons. The summed E-state index contributed by atoms with van der Waals surface area (Å²) in [6.07, 6.45) is 0. The molecule has 0 heterocycles. The molecule has 2 atom stereocenters. The van der Waals surface area contributed by atoms with E-state index in [-0.39, 0.29) is 13.1 Å². The summed E-state index contributed by atoms with van der Waals surface area (Å²) in [6, 6.07) is 21.4. The SMILES string of the molecule is [CH3-].[Cl][Ru+3].[NH-]C(c1ccccc1)C([N-]S(=O)(=O)Cc1ccc([N+](=O)[O-])cc1)c1ccccc1. The van der Waals surface area contributed by atoms with Gasteiger partial charge in [-0.3, -0.25) is 10.1 Å². The first-order chi connectivity index (χ1) is 14.9. The molecule has 3 aromatic carbocycles. The number of nitro benzene ring substituents is 1. The average Bonchev–Trinajstić information content (AvgIpc) is 2.79. The molecule has 3 rings (SSSR count). The van der Waals surface area contributed by atoms with Crippen molar-refractivity contribution in [3.8, 4) is 0 Å². The number of nitrogens with zero attached hydrogens (tertiary/aromatic N) is 2. The molecule has 0 aromatic heterocycles. The van der Waals surface area contributed by atoms with Crippen LogP contribution in [0.5, 0.6) is 0 Å². The number of halogens is 1. The van der Waals surface area contributed by atoms with Crippen molar-refractivity contribution < 1.29 is 30.7 Å². The summed E-state index contributed by atoms with van der Waals surface area (Å²) in [5.74, 6) is -0.393. The summed E-state index contributed by atoms with van der Waals surface area (Å²) in [7, 11) is 0.636. The van der Waals surface area contributed by atoms with Crippen molar-refractivity contribution in [1.82, 2.24) is 0 Å². The van der Waals surface area contributed by atoms with Gasteiger partial charge in [-0.1, -0.05) is 83.9 Å². The van der Waals surface area contributed by atoms with Gasteiger partial charge in [0.25, 0.3) is 5.69 Å². The molecule has 0 spiro atoms. The Balaban J connectivity index is 0.00000166. The minimum Gasteiger partial charge on any atom is -0.672 e. The third-order valence-electron chi connectivity index (χ3n) is 4.39. The van der Waals surface area contributed by atoms with Crippen LogP contribution in [0.2, 0.25) is 0 Å². The van der Waals surface area contributed by atoms with E-state index in [1.54, 1.807) is 48.5 Å². The van der Waals surface area contributed by atoms with Crippen LogP contribution in [0.15, 0.2) is 84.9 Å². The molecular weight excluding hydrogens is 539 g/mol. The maximum Gasteiger partial charge on any atom is 0.269 e. The topological polar surface area (TPSA) is 115 Å². The molecule has 0 bridgehead atoms. The number of non-ortho nitro benzene ring substituents is 1. The van der Waals surface area contributed by atoms with Crippen molar-refractivity contribution in [3.63, 3.8) is 0 Å². The van der Waals surface area contributed by atoms with E-state index >= 15 is 0 Å². The zero-order chi connectivity index (χ0) is 22.9. The molecule has 1 N–H and O–H groups in total. The third kappa shape index (κ3) is 8.08. The number of sulfonamides is 1. The van der Waals surface area contributed by atoms with Crippen molar-refractivity contribution in [2.75, 3.05) is 0 Å². The van der Waals surface area contributed by atoms with Crippen LogP contribution >= 0.6 is 9.69 Å². The fraction of sp³-hybridized carbons (Fsp3) is 0.136. The summed E-state index contributed by atoms with van der Waals surface area (Å²) < 4.78 is 29.6. The Labute approximate surface area is 202 Å². The summed E-state index contributed by atoms with van der Waals surface area (Å²) in [4.78, 5) is 10.2. The summed E-state index contributed by atoms with van der Waals surface area (Å²) in [5, 5.41) is 10.8. The Bertz CT molecular complexity index is 1070. The van der Waals surface area contributed by atoms with E-state index in [1.165, 1.54) is 24.3 Å². The number of hydrogen-bond acceptors (Lipinski definition) is 4. The fourth-order valence-electron chi connectivity index (χ4n) is 2.94. The van der Waals surface area contributed by atoms with E-state index in [9.17, 15) is 18.5 Å². The van der Waals surface area contributed by atoms with Crippen LogP contribution in [0.25, 0.3) is 10.5 Å². The second kappa shape index (κ2) is 13.4. The van der Waals surface area contributed by atoms with Gasteiger partial charge in [0.2, 0.25) is 0 Å². The number of rotatable bonds is 8. The second-order valence-corrected chi connectivity index (χ2v) is 8.16. The van der Waals surface area contributed by atoms with Crippen molar-refractivity contribution in [1.29, 1.82) is 0 Å². The minimum atomic E-state index is -3.93. The monoisotopic (exact) mass is 561 g/mol. The molecule has 2 unspecified atom stereocenters. The zero-order valence-electron chi connectivity index (χ0n) is 17.1. The molecule has 32 heavy (non-hydrogen) atoms. The molecule has 10 heteroatoms. The normalized spacial score (nSPS) is 12.4. The van der Waals surface area contributed by atoms with Gasteiger partial charge in [0, 0.05) is 12.1 Å². The van der Waals surface area contributed by atoms with Gasteiger partial charge in [0.05, 0.1) is 20.7 Å².